The molecule has 2 rings (SSSR count). The van der Waals surface area contributed by atoms with Gasteiger partial charge in [-0.3, -0.25) is 9.52 Å². The maximum absolute atomic E-state index is 12.6. The van der Waals surface area contributed by atoms with Gasteiger partial charge in [0.15, 0.2) is 0 Å². The first-order valence-electron chi connectivity index (χ1n) is 8.13. The van der Waals surface area contributed by atoms with Gasteiger partial charge < -0.3 is 14.8 Å². The van der Waals surface area contributed by atoms with Crippen LogP contribution in [0, 0.1) is 0 Å². The summed E-state index contributed by atoms with van der Waals surface area (Å²) in [6.07, 6.45) is 0.270. The Morgan fingerprint density at radius 1 is 1.08 bits per heavy atom. The molecule has 0 spiro atoms. The van der Waals surface area contributed by atoms with Gasteiger partial charge in [-0.2, -0.15) is 0 Å². The van der Waals surface area contributed by atoms with Crippen LogP contribution >= 0.6 is 0 Å². The van der Waals surface area contributed by atoms with Gasteiger partial charge in [0.05, 0.1) is 24.3 Å². The molecule has 0 heterocycles. The normalized spacial score (nSPS) is 10.9. The van der Waals surface area contributed by atoms with Crippen molar-refractivity contribution in [2.45, 2.75) is 25.2 Å². The van der Waals surface area contributed by atoms with Crippen LogP contribution in [-0.4, -0.2) is 28.0 Å². The third-order valence-corrected chi connectivity index (χ3v) is 4.88. The Labute approximate surface area is 153 Å². The molecule has 0 unspecified atom stereocenters. The minimum atomic E-state index is -3.83. The van der Waals surface area contributed by atoms with E-state index in [2.05, 4.69) is 10.0 Å². The lowest BCUT2D eigenvalue weighted by atomic mass is 10.3. The molecule has 0 aliphatic heterocycles. The molecule has 8 heteroatoms. The van der Waals surface area contributed by atoms with E-state index in [1.807, 2.05) is 0 Å². The summed E-state index contributed by atoms with van der Waals surface area (Å²) < 4.78 is 38.3. The van der Waals surface area contributed by atoms with Crippen molar-refractivity contribution in [2.24, 2.45) is 0 Å². The van der Waals surface area contributed by atoms with Crippen molar-refractivity contribution in [2.75, 3.05) is 23.8 Å². The van der Waals surface area contributed by atoms with Gasteiger partial charge in [0.2, 0.25) is 5.91 Å². The second-order valence-electron chi connectivity index (χ2n) is 5.33. The predicted octanol–water partition coefficient (Wildman–Crippen LogP) is 3.24. The zero-order valence-corrected chi connectivity index (χ0v) is 15.7. The van der Waals surface area contributed by atoms with Gasteiger partial charge in [0.25, 0.3) is 10.0 Å². The van der Waals surface area contributed by atoms with E-state index in [0.717, 1.165) is 0 Å². The van der Waals surface area contributed by atoms with E-state index in [4.69, 9.17) is 9.47 Å². The summed E-state index contributed by atoms with van der Waals surface area (Å²) in [5.41, 5.74) is 0.718. The molecule has 1 amide bonds. The molecular weight excluding hydrogens is 356 g/mol. The molecule has 26 heavy (non-hydrogen) atoms. The van der Waals surface area contributed by atoms with Crippen LogP contribution in [0.15, 0.2) is 47.4 Å². The Morgan fingerprint density at radius 3 is 2.35 bits per heavy atom. The molecule has 2 aromatic rings. The van der Waals surface area contributed by atoms with E-state index in [-0.39, 0.29) is 17.2 Å². The van der Waals surface area contributed by atoms with Gasteiger partial charge in [0.1, 0.15) is 11.5 Å². The Balaban J connectivity index is 2.32. The topological polar surface area (TPSA) is 93.7 Å². The predicted molar refractivity (Wildman–Crippen MR) is 100 cm³/mol. The van der Waals surface area contributed by atoms with Crippen LogP contribution in [0.4, 0.5) is 11.4 Å². The standard InChI is InChI=1S/C18H22N2O5S/c1-4-18(21)19-16-12-15(10-11-17(16)25-5-2)26(22,23)20-13-6-8-14(24-3)9-7-13/h6-12,20H,4-5H2,1-3H3,(H,19,21). The van der Waals surface area contributed by atoms with E-state index in [9.17, 15) is 13.2 Å². The zero-order chi connectivity index (χ0) is 19.2. The van der Waals surface area contributed by atoms with Crippen LogP contribution in [0.25, 0.3) is 0 Å². The van der Waals surface area contributed by atoms with Gasteiger partial charge in [0, 0.05) is 12.1 Å². The van der Waals surface area contributed by atoms with Crippen LogP contribution < -0.4 is 19.5 Å². The number of rotatable bonds is 8. The number of hydrogen-bond acceptors (Lipinski definition) is 5. The highest BCUT2D eigenvalue weighted by atomic mass is 32.2. The third-order valence-electron chi connectivity index (χ3n) is 3.50. The Morgan fingerprint density at radius 2 is 1.77 bits per heavy atom. The van der Waals surface area contributed by atoms with Crippen LogP contribution in [0.2, 0.25) is 0 Å². The molecule has 0 atom stereocenters. The Hall–Kier alpha value is -2.74. The maximum atomic E-state index is 12.6. The summed E-state index contributed by atoms with van der Waals surface area (Å²) in [5.74, 6) is 0.805. The van der Waals surface area contributed by atoms with Gasteiger partial charge >= 0.3 is 0 Å². The van der Waals surface area contributed by atoms with E-state index < -0.39 is 10.0 Å². The monoisotopic (exact) mass is 378 g/mol. The maximum Gasteiger partial charge on any atom is 0.261 e. The number of anilines is 2. The average Bonchev–Trinajstić information content (AvgIpc) is 2.63. The molecule has 0 fully saturated rings. The highest BCUT2D eigenvalue weighted by molar-refractivity contribution is 7.92. The summed E-state index contributed by atoms with van der Waals surface area (Å²) in [6, 6.07) is 10.8. The number of hydrogen-bond donors (Lipinski definition) is 2. The van der Waals surface area contributed by atoms with Crippen molar-refractivity contribution in [3.8, 4) is 11.5 Å². The number of carbonyl (C=O) groups excluding carboxylic acids is 1. The van der Waals surface area contributed by atoms with Crippen LogP contribution in [0.5, 0.6) is 11.5 Å². The summed E-state index contributed by atoms with van der Waals surface area (Å²) in [5, 5.41) is 2.66. The Bertz CT molecular complexity index is 864. The first kappa shape index (κ1) is 19.6. The first-order chi connectivity index (χ1) is 12.4. The molecular formula is C18H22N2O5S. The molecule has 0 radical (unpaired) electrons. The van der Waals surface area contributed by atoms with Gasteiger partial charge in [-0.05, 0) is 49.4 Å². The molecule has 0 aromatic heterocycles. The lowest BCUT2D eigenvalue weighted by Crippen LogP contribution is -2.15. The van der Waals surface area contributed by atoms with Crippen molar-refractivity contribution in [1.82, 2.24) is 0 Å². The van der Waals surface area contributed by atoms with E-state index in [0.29, 0.717) is 29.5 Å². The van der Waals surface area contributed by atoms with Crippen molar-refractivity contribution >= 4 is 27.3 Å². The fourth-order valence-corrected chi connectivity index (χ4v) is 3.25. The van der Waals surface area contributed by atoms with Crippen LogP contribution in [0.3, 0.4) is 0 Å². The molecule has 0 saturated heterocycles. The van der Waals surface area contributed by atoms with Crippen LogP contribution in [0.1, 0.15) is 20.3 Å². The van der Waals surface area contributed by atoms with Gasteiger partial charge in [-0.25, -0.2) is 8.42 Å². The van der Waals surface area contributed by atoms with Crippen LogP contribution in [-0.2, 0) is 14.8 Å². The third kappa shape index (κ3) is 4.89. The first-order valence-corrected chi connectivity index (χ1v) is 9.61. The largest absolute Gasteiger partial charge is 0.497 e. The number of methoxy groups -OCH3 is 1. The second kappa shape index (κ2) is 8.57. The van der Waals surface area contributed by atoms with Gasteiger partial charge in [-0.1, -0.05) is 6.92 Å². The van der Waals surface area contributed by atoms with E-state index in [1.165, 1.54) is 25.3 Å². The molecule has 0 aliphatic carbocycles. The molecule has 0 aliphatic rings. The molecule has 2 N–H and O–H groups in total. The number of nitrogens with one attached hydrogen (secondary N) is 2. The minimum absolute atomic E-state index is 0.0168. The van der Waals surface area contributed by atoms with Gasteiger partial charge in [-0.15, -0.1) is 0 Å². The SMILES string of the molecule is CCOc1ccc(S(=O)(=O)Nc2ccc(OC)cc2)cc1NC(=O)CC. The van der Waals surface area contributed by atoms with Crippen molar-refractivity contribution in [3.05, 3.63) is 42.5 Å². The highest BCUT2D eigenvalue weighted by Crippen LogP contribution is 2.29. The molecule has 0 bridgehead atoms. The molecule has 140 valence electrons. The zero-order valence-electron chi connectivity index (χ0n) is 14.9. The van der Waals surface area contributed by atoms with E-state index in [1.54, 1.807) is 38.1 Å². The molecule has 0 saturated carbocycles. The lowest BCUT2D eigenvalue weighted by molar-refractivity contribution is -0.115. The smallest absolute Gasteiger partial charge is 0.261 e. The van der Waals surface area contributed by atoms with Crippen molar-refractivity contribution in [3.63, 3.8) is 0 Å². The number of amides is 1. The summed E-state index contributed by atoms with van der Waals surface area (Å²) >= 11 is 0. The number of benzene rings is 2. The molecule has 7 nitrogen and oxygen atoms in total. The number of sulfonamides is 1. The fraction of sp³-hybridized carbons (Fsp3) is 0.278. The quantitative estimate of drug-likeness (QED) is 0.735. The van der Waals surface area contributed by atoms with Crippen molar-refractivity contribution < 1.29 is 22.7 Å². The molecule has 2 aromatic carbocycles. The number of carbonyl (C=O) groups is 1. The second-order valence-corrected chi connectivity index (χ2v) is 7.01. The van der Waals surface area contributed by atoms with E-state index >= 15 is 0 Å². The van der Waals surface area contributed by atoms with Crippen molar-refractivity contribution in [1.29, 1.82) is 0 Å². The summed E-state index contributed by atoms with van der Waals surface area (Å²) in [4.78, 5) is 11.7. The lowest BCUT2D eigenvalue weighted by Gasteiger charge is -2.14. The Kier molecular flexibility index (Phi) is 6.46. The minimum Gasteiger partial charge on any atom is -0.497 e. The average molecular weight is 378 g/mol. The fourth-order valence-electron chi connectivity index (χ4n) is 2.17. The summed E-state index contributed by atoms with van der Waals surface area (Å²) in [7, 11) is -2.29. The highest BCUT2D eigenvalue weighted by Gasteiger charge is 2.18. The summed E-state index contributed by atoms with van der Waals surface area (Å²) in [6.45, 7) is 3.91. The number of ether oxygens (including phenoxy) is 2.